The van der Waals surface area contributed by atoms with Gasteiger partial charge in [-0.3, -0.25) is 0 Å². The van der Waals surface area contributed by atoms with Gasteiger partial charge >= 0.3 is 0 Å². The van der Waals surface area contributed by atoms with Crippen LogP contribution in [0.2, 0.25) is 11.7 Å². The van der Waals surface area contributed by atoms with Crippen molar-refractivity contribution in [2.24, 2.45) is 5.41 Å². The van der Waals surface area contributed by atoms with Crippen molar-refractivity contribution >= 4 is 37.1 Å². The molecular weight excluding hydrogens is 457 g/mol. The van der Waals surface area contributed by atoms with Crippen LogP contribution in [0, 0.1) is 5.41 Å². The first-order chi connectivity index (χ1) is 16.8. The van der Waals surface area contributed by atoms with Gasteiger partial charge < -0.3 is 4.43 Å². The third kappa shape index (κ3) is 4.99. The fourth-order valence-electron chi connectivity index (χ4n) is 5.81. The molecule has 0 aromatic heterocycles. The quantitative estimate of drug-likeness (QED) is 0.228. The van der Waals surface area contributed by atoms with Crippen molar-refractivity contribution in [1.29, 1.82) is 0 Å². The average Bonchev–Trinajstić information content (AvgIpc) is 2.90. The molecule has 180 valence electrons. The third-order valence-corrected chi connectivity index (χ3v) is 19.3. The van der Waals surface area contributed by atoms with Crippen molar-refractivity contribution < 1.29 is 4.43 Å². The summed E-state index contributed by atoms with van der Waals surface area (Å²) in [6, 6.07) is 45.0. The van der Waals surface area contributed by atoms with Crippen LogP contribution in [0.4, 0.5) is 0 Å². The topological polar surface area (TPSA) is 9.23 Å². The largest absolute Gasteiger partial charge is 0.416 e. The van der Waals surface area contributed by atoms with E-state index in [0.29, 0.717) is 5.16 Å². The molecule has 0 aliphatic rings. The zero-order valence-electron chi connectivity index (χ0n) is 21.7. The lowest BCUT2D eigenvalue weighted by Crippen LogP contribution is -2.76. The predicted molar refractivity (Wildman–Crippen MR) is 157 cm³/mol. The second-order valence-electron chi connectivity index (χ2n) is 10.9. The lowest BCUT2D eigenvalue weighted by molar-refractivity contribution is 0.354. The Hall–Kier alpha value is -2.73. The van der Waals surface area contributed by atoms with Gasteiger partial charge in [0.25, 0.3) is 0 Å². The van der Waals surface area contributed by atoms with Gasteiger partial charge in [0.1, 0.15) is 0 Å². The van der Waals surface area contributed by atoms with Gasteiger partial charge in [-0.1, -0.05) is 142 Å². The smallest absolute Gasteiger partial charge is 0.222 e. The van der Waals surface area contributed by atoms with Crippen molar-refractivity contribution in [3.8, 4) is 0 Å². The molecule has 0 aliphatic heterocycles. The van der Waals surface area contributed by atoms with E-state index < -0.39 is 16.4 Å². The number of hydrogen-bond donors (Lipinski definition) is 0. The second kappa shape index (κ2) is 10.5. The summed E-state index contributed by atoms with van der Waals surface area (Å²) in [7, 11) is -3.07. The minimum absolute atomic E-state index is 0.142. The van der Waals surface area contributed by atoms with E-state index in [2.05, 4.69) is 149 Å². The third-order valence-electron chi connectivity index (χ3n) is 7.46. The molecule has 1 nitrogen and oxygen atoms in total. The van der Waals surface area contributed by atoms with Gasteiger partial charge in [-0.2, -0.15) is 0 Å². The molecule has 0 spiro atoms. The van der Waals surface area contributed by atoms with Gasteiger partial charge in [-0.25, -0.2) is 0 Å². The molecule has 0 aliphatic carbocycles. The summed E-state index contributed by atoms with van der Waals surface area (Å²) in [5.41, 5.74) is 0.142. The van der Waals surface area contributed by atoms with Gasteiger partial charge in [0.15, 0.2) is 8.07 Å². The Bertz CT molecular complexity index is 1090. The van der Waals surface area contributed by atoms with Crippen molar-refractivity contribution in [3.63, 3.8) is 0 Å². The molecule has 4 aromatic rings. The second-order valence-corrected chi connectivity index (χ2v) is 19.4. The Morgan fingerprint density at radius 2 is 0.886 bits per heavy atom. The molecule has 4 aromatic carbocycles. The maximum Gasteiger partial charge on any atom is 0.222 e. The monoisotopic (exact) mass is 494 g/mol. The summed E-state index contributed by atoms with van der Waals surface area (Å²) in [5, 5.41) is 6.11. The minimum atomic E-state index is -2.57. The Morgan fingerprint density at radius 1 is 0.571 bits per heavy atom. The normalized spacial score (nSPS) is 14.8. The van der Waals surface area contributed by atoms with Crippen LogP contribution in [0.1, 0.15) is 27.2 Å². The molecule has 35 heavy (non-hydrogen) atoms. The molecule has 0 saturated heterocycles. The van der Waals surface area contributed by atoms with Crippen molar-refractivity contribution in [3.05, 3.63) is 121 Å². The molecule has 0 N–H and O–H groups in total. The molecule has 0 bridgehead atoms. The molecule has 2 atom stereocenters. The first kappa shape index (κ1) is 25.4. The molecule has 4 rings (SSSR count). The van der Waals surface area contributed by atoms with Gasteiger partial charge in [-0.15, -0.1) is 0 Å². The van der Waals surface area contributed by atoms with Crippen molar-refractivity contribution in [1.82, 2.24) is 0 Å². The van der Waals surface area contributed by atoms with Gasteiger partial charge in [0.05, 0.1) is 0 Å². The van der Waals surface area contributed by atoms with E-state index in [9.17, 15) is 0 Å². The Morgan fingerprint density at radius 3 is 1.17 bits per heavy atom. The molecule has 0 unspecified atom stereocenters. The molecule has 0 heterocycles. The highest BCUT2D eigenvalue weighted by molar-refractivity contribution is 7.19. The highest BCUT2D eigenvalue weighted by atomic mass is 28.4. The van der Waals surface area contributed by atoms with E-state index >= 15 is 0 Å². The van der Waals surface area contributed by atoms with E-state index in [-0.39, 0.29) is 5.41 Å². The van der Waals surface area contributed by atoms with Crippen LogP contribution in [-0.2, 0) is 4.43 Å². The van der Waals surface area contributed by atoms with Gasteiger partial charge in [-0.05, 0) is 44.3 Å². The first-order valence-corrected chi connectivity index (χ1v) is 17.2. The van der Waals surface area contributed by atoms with Crippen LogP contribution in [0.3, 0.4) is 0 Å². The van der Waals surface area contributed by atoms with Gasteiger partial charge in [0.2, 0.25) is 8.32 Å². The fourth-order valence-corrected chi connectivity index (χ4v) is 19.5. The Kier molecular flexibility index (Phi) is 7.60. The van der Waals surface area contributed by atoms with Gasteiger partial charge in [0, 0.05) is 7.11 Å². The maximum absolute atomic E-state index is 6.78. The first-order valence-electron chi connectivity index (χ1n) is 12.6. The molecule has 0 saturated carbocycles. The number of rotatable bonds is 8. The predicted octanol–water partition coefficient (Wildman–Crippen LogP) is 5.63. The standard InChI is InChI=1S/C32H38OSi2/c1-32(2,3)26-31(34(5,33-4)27-18-10-6-11-19-27)35(28-20-12-7-13-21-28,29-22-14-8-15-23-29)30-24-16-9-17-25-30/h6-25,31H,26H2,1-5H3/t31-,34+/m0/s1. The highest BCUT2D eigenvalue weighted by Crippen LogP contribution is 2.41. The zero-order valence-corrected chi connectivity index (χ0v) is 23.7. The summed E-state index contributed by atoms with van der Waals surface area (Å²) in [6.07, 6.45) is 1.09. The van der Waals surface area contributed by atoms with Crippen molar-refractivity contribution in [2.45, 2.75) is 38.9 Å². The summed E-state index contributed by atoms with van der Waals surface area (Å²) in [5.74, 6) is 0. The maximum atomic E-state index is 6.78. The summed E-state index contributed by atoms with van der Waals surface area (Å²) in [4.78, 5) is 0. The van der Waals surface area contributed by atoms with Crippen LogP contribution < -0.4 is 20.7 Å². The van der Waals surface area contributed by atoms with Crippen LogP contribution in [0.15, 0.2) is 121 Å². The Labute approximate surface area is 214 Å². The number of benzene rings is 4. The average molecular weight is 495 g/mol. The molecule has 0 amide bonds. The van der Waals surface area contributed by atoms with E-state index in [1.54, 1.807) is 0 Å². The summed E-state index contributed by atoms with van der Waals surface area (Å²) in [6.45, 7) is 9.61. The summed E-state index contributed by atoms with van der Waals surface area (Å²) < 4.78 is 6.78. The van der Waals surface area contributed by atoms with E-state index in [1.807, 2.05) is 7.11 Å². The number of hydrogen-bond acceptors (Lipinski definition) is 1. The van der Waals surface area contributed by atoms with Crippen LogP contribution in [-0.4, -0.2) is 23.5 Å². The highest BCUT2D eigenvalue weighted by Gasteiger charge is 2.57. The SMILES string of the molecule is CO[Si@](C)(c1ccccc1)[C@H](CC(C)(C)C)[Si](c1ccccc1)(c1ccccc1)c1ccccc1. The van der Waals surface area contributed by atoms with E-state index in [0.717, 1.165) is 6.42 Å². The fraction of sp³-hybridized carbons (Fsp3) is 0.250. The molecule has 0 fully saturated rings. The van der Waals surface area contributed by atoms with E-state index in [1.165, 1.54) is 20.7 Å². The molecule has 3 heteroatoms. The molecule has 0 radical (unpaired) electrons. The van der Waals surface area contributed by atoms with Crippen LogP contribution in [0.5, 0.6) is 0 Å². The van der Waals surface area contributed by atoms with Crippen LogP contribution >= 0.6 is 0 Å². The van der Waals surface area contributed by atoms with E-state index in [4.69, 9.17) is 4.43 Å². The Balaban J connectivity index is 2.16. The molecular formula is C32H38OSi2. The lowest BCUT2D eigenvalue weighted by Gasteiger charge is -2.49. The minimum Gasteiger partial charge on any atom is -0.416 e. The summed E-state index contributed by atoms with van der Waals surface area (Å²) >= 11 is 0. The zero-order chi connectivity index (χ0) is 24.9. The van der Waals surface area contributed by atoms with Crippen molar-refractivity contribution in [2.75, 3.05) is 7.11 Å². The van der Waals surface area contributed by atoms with Crippen LogP contribution in [0.25, 0.3) is 0 Å². The lowest BCUT2D eigenvalue weighted by atomic mass is 9.93.